The molecule has 1 heterocycles. The van der Waals surface area contributed by atoms with Gasteiger partial charge in [0.25, 0.3) is 0 Å². The lowest BCUT2D eigenvalue weighted by molar-refractivity contribution is -0.128. The standard InChI is InChI=1S/C20H22N4O2/c21-16(11-14-12-23-17-9-5-4-8-15(14)17)20(26)24-18(19(22)25)10-13-6-2-1-3-7-13/h1-9,12,16,18,23H,10-11,21H2,(H2,22,25)(H,24,26)/t16-,18?/m1/s1. The van der Waals surface area contributed by atoms with Crippen molar-refractivity contribution >= 4 is 22.7 Å². The average Bonchev–Trinajstić information content (AvgIpc) is 3.05. The van der Waals surface area contributed by atoms with Crippen LogP contribution in [0.4, 0.5) is 0 Å². The van der Waals surface area contributed by atoms with Crippen molar-refractivity contribution in [2.24, 2.45) is 11.5 Å². The summed E-state index contributed by atoms with van der Waals surface area (Å²) in [5, 5.41) is 3.71. The van der Waals surface area contributed by atoms with E-state index in [1.165, 1.54) is 0 Å². The molecule has 0 aliphatic rings. The van der Waals surface area contributed by atoms with E-state index in [4.69, 9.17) is 11.5 Å². The van der Waals surface area contributed by atoms with Gasteiger partial charge in [-0.25, -0.2) is 0 Å². The zero-order valence-corrected chi connectivity index (χ0v) is 14.3. The SMILES string of the molecule is NC(=O)C(Cc1ccccc1)NC(=O)[C@H](N)Cc1c[nH]c2ccccc12. The molecule has 0 aliphatic carbocycles. The second-order valence-electron chi connectivity index (χ2n) is 6.32. The molecule has 134 valence electrons. The Morgan fingerprint density at radius 2 is 1.69 bits per heavy atom. The third-order valence-corrected chi connectivity index (χ3v) is 4.39. The van der Waals surface area contributed by atoms with E-state index < -0.39 is 23.9 Å². The third kappa shape index (κ3) is 4.10. The highest BCUT2D eigenvalue weighted by Crippen LogP contribution is 2.18. The van der Waals surface area contributed by atoms with Crippen LogP contribution in [0.2, 0.25) is 0 Å². The predicted molar refractivity (Wildman–Crippen MR) is 101 cm³/mol. The fourth-order valence-corrected chi connectivity index (χ4v) is 2.98. The van der Waals surface area contributed by atoms with Gasteiger partial charge >= 0.3 is 0 Å². The number of carbonyl (C=O) groups is 2. The maximum atomic E-state index is 12.5. The van der Waals surface area contributed by atoms with E-state index in [9.17, 15) is 9.59 Å². The summed E-state index contributed by atoms with van der Waals surface area (Å²) >= 11 is 0. The fraction of sp³-hybridized carbons (Fsp3) is 0.200. The molecule has 3 aromatic rings. The second-order valence-corrected chi connectivity index (χ2v) is 6.32. The zero-order chi connectivity index (χ0) is 18.5. The van der Waals surface area contributed by atoms with Gasteiger partial charge in [-0.05, 0) is 23.6 Å². The minimum atomic E-state index is -0.793. The minimum absolute atomic E-state index is 0.335. The van der Waals surface area contributed by atoms with Crippen LogP contribution in [0.3, 0.4) is 0 Å². The van der Waals surface area contributed by atoms with Crippen LogP contribution in [0, 0.1) is 0 Å². The molecule has 6 heteroatoms. The van der Waals surface area contributed by atoms with Crippen LogP contribution in [0.25, 0.3) is 10.9 Å². The number of rotatable bonds is 7. The Bertz CT molecular complexity index is 904. The lowest BCUT2D eigenvalue weighted by atomic mass is 10.0. The predicted octanol–water partition coefficient (Wildman–Crippen LogP) is 1.25. The van der Waals surface area contributed by atoms with Gasteiger partial charge in [0, 0.05) is 23.5 Å². The number of fused-ring (bicyclic) bond motifs is 1. The quantitative estimate of drug-likeness (QED) is 0.514. The van der Waals surface area contributed by atoms with Crippen molar-refractivity contribution in [3.05, 3.63) is 71.9 Å². The van der Waals surface area contributed by atoms with Gasteiger partial charge in [0.2, 0.25) is 11.8 Å². The Morgan fingerprint density at radius 1 is 1.00 bits per heavy atom. The van der Waals surface area contributed by atoms with Gasteiger partial charge in [-0.15, -0.1) is 0 Å². The summed E-state index contributed by atoms with van der Waals surface area (Å²) in [4.78, 5) is 27.3. The van der Waals surface area contributed by atoms with Crippen LogP contribution in [-0.4, -0.2) is 28.9 Å². The number of para-hydroxylation sites is 1. The molecule has 1 aromatic heterocycles. The molecule has 3 rings (SSSR count). The van der Waals surface area contributed by atoms with Crippen molar-refractivity contribution in [1.29, 1.82) is 0 Å². The van der Waals surface area contributed by atoms with Gasteiger partial charge in [-0.2, -0.15) is 0 Å². The van der Waals surface area contributed by atoms with Crippen molar-refractivity contribution in [2.75, 3.05) is 0 Å². The van der Waals surface area contributed by atoms with E-state index in [1.807, 2.05) is 60.8 Å². The molecule has 2 aromatic carbocycles. The number of hydrogen-bond acceptors (Lipinski definition) is 3. The van der Waals surface area contributed by atoms with E-state index in [0.29, 0.717) is 12.8 Å². The molecule has 1 unspecified atom stereocenters. The average molecular weight is 350 g/mol. The number of nitrogens with two attached hydrogens (primary N) is 2. The first-order chi connectivity index (χ1) is 12.5. The largest absolute Gasteiger partial charge is 0.368 e. The van der Waals surface area contributed by atoms with Crippen LogP contribution in [-0.2, 0) is 22.4 Å². The van der Waals surface area contributed by atoms with E-state index in [0.717, 1.165) is 22.0 Å². The molecule has 0 bridgehead atoms. The highest BCUT2D eigenvalue weighted by molar-refractivity contribution is 5.90. The molecule has 2 atom stereocenters. The third-order valence-electron chi connectivity index (χ3n) is 4.39. The smallest absolute Gasteiger partial charge is 0.240 e. The molecule has 0 saturated heterocycles. The zero-order valence-electron chi connectivity index (χ0n) is 14.3. The van der Waals surface area contributed by atoms with Gasteiger partial charge < -0.3 is 21.8 Å². The van der Waals surface area contributed by atoms with Crippen LogP contribution >= 0.6 is 0 Å². The number of aromatic amines is 1. The molecule has 0 fully saturated rings. The summed E-state index contributed by atoms with van der Waals surface area (Å²) in [6.45, 7) is 0. The monoisotopic (exact) mass is 350 g/mol. The number of amides is 2. The lowest BCUT2D eigenvalue weighted by Crippen LogP contribution is -2.51. The first-order valence-corrected chi connectivity index (χ1v) is 8.49. The highest BCUT2D eigenvalue weighted by atomic mass is 16.2. The number of carbonyl (C=O) groups excluding carboxylic acids is 2. The van der Waals surface area contributed by atoms with E-state index in [2.05, 4.69) is 10.3 Å². The molecule has 26 heavy (non-hydrogen) atoms. The second kappa shape index (κ2) is 7.84. The van der Waals surface area contributed by atoms with E-state index >= 15 is 0 Å². The van der Waals surface area contributed by atoms with Crippen LogP contribution < -0.4 is 16.8 Å². The summed E-state index contributed by atoms with van der Waals surface area (Å²) in [7, 11) is 0. The number of nitrogens with one attached hydrogen (secondary N) is 2. The number of primary amides is 1. The van der Waals surface area contributed by atoms with Crippen molar-refractivity contribution in [3.8, 4) is 0 Å². The first kappa shape index (κ1) is 17.7. The van der Waals surface area contributed by atoms with Crippen molar-refractivity contribution in [3.63, 3.8) is 0 Å². The van der Waals surface area contributed by atoms with E-state index in [-0.39, 0.29) is 0 Å². The molecular formula is C20H22N4O2. The number of hydrogen-bond donors (Lipinski definition) is 4. The molecule has 0 aliphatic heterocycles. The number of aromatic nitrogens is 1. The normalized spacial score (nSPS) is 13.3. The number of benzene rings is 2. The summed E-state index contributed by atoms with van der Waals surface area (Å²) in [6.07, 6.45) is 2.56. The van der Waals surface area contributed by atoms with Crippen LogP contribution in [0.5, 0.6) is 0 Å². The Balaban J connectivity index is 1.66. The summed E-state index contributed by atoms with van der Waals surface area (Å²) < 4.78 is 0. The topological polar surface area (TPSA) is 114 Å². The van der Waals surface area contributed by atoms with Crippen molar-refractivity contribution in [1.82, 2.24) is 10.3 Å². The molecule has 0 radical (unpaired) electrons. The van der Waals surface area contributed by atoms with Crippen molar-refractivity contribution in [2.45, 2.75) is 24.9 Å². The van der Waals surface area contributed by atoms with Crippen LogP contribution in [0.15, 0.2) is 60.8 Å². The molecule has 0 saturated carbocycles. The highest BCUT2D eigenvalue weighted by Gasteiger charge is 2.23. The fourth-order valence-electron chi connectivity index (χ4n) is 2.98. The van der Waals surface area contributed by atoms with Gasteiger partial charge in [0.1, 0.15) is 6.04 Å². The van der Waals surface area contributed by atoms with Gasteiger partial charge in [-0.3, -0.25) is 9.59 Å². The maximum absolute atomic E-state index is 12.5. The Morgan fingerprint density at radius 3 is 2.42 bits per heavy atom. The minimum Gasteiger partial charge on any atom is -0.368 e. The number of H-pyrrole nitrogens is 1. The first-order valence-electron chi connectivity index (χ1n) is 8.49. The maximum Gasteiger partial charge on any atom is 0.240 e. The molecule has 2 amide bonds. The Kier molecular flexibility index (Phi) is 5.34. The molecule has 0 spiro atoms. The van der Waals surface area contributed by atoms with E-state index in [1.54, 1.807) is 0 Å². The summed E-state index contributed by atoms with van der Waals surface area (Å²) in [6, 6.07) is 15.7. The van der Waals surface area contributed by atoms with Crippen LogP contribution in [0.1, 0.15) is 11.1 Å². The summed E-state index contributed by atoms with van der Waals surface area (Å²) in [5.74, 6) is -0.975. The van der Waals surface area contributed by atoms with Gasteiger partial charge in [0.15, 0.2) is 0 Å². The lowest BCUT2D eigenvalue weighted by Gasteiger charge is -2.18. The molecule has 6 N–H and O–H groups in total. The molecular weight excluding hydrogens is 328 g/mol. The van der Waals surface area contributed by atoms with Crippen molar-refractivity contribution < 1.29 is 9.59 Å². The Labute approximate surface area is 151 Å². The Hall–Kier alpha value is -3.12. The molecule has 6 nitrogen and oxygen atoms in total. The van der Waals surface area contributed by atoms with Gasteiger partial charge in [-0.1, -0.05) is 48.5 Å². The summed E-state index contributed by atoms with van der Waals surface area (Å²) in [5.41, 5.74) is 14.4. The van der Waals surface area contributed by atoms with Gasteiger partial charge in [0.05, 0.1) is 6.04 Å².